The molecule has 1 aliphatic heterocycles. The van der Waals surface area contributed by atoms with Crippen LogP contribution in [0.15, 0.2) is 40.3 Å². The average molecular weight is 421 g/mol. The van der Waals surface area contributed by atoms with E-state index in [-0.39, 0.29) is 35.0 Å². The van der Waals surface area contributed by atoms with E-state index >= 15 is 0 Å². The lowest BCUT2D eigenvalue weighted by Crippen LogP contribution is -2.28. The molecule has 1 saturated heterocycles. The van der Waals surface area contributed by atoms with Gasteiger partial charge in [-0.1, -0.05) is 17.7 Å². The minimum atomic E-state index is -3.99. The lowest BCUT2D eigenvalue weighted by Gasteiger charge is -2.16. The number of aromatic amines is 1. The second-order valence-corrected chi connectivity index (χ2v) is 8.37. The molecule has 0 aliphatic carbocycles. The Labute approximate surface area is 165 Å². The summed E-state index contributed by atoms with van der Waals surface area (Å²) in [6, 6.07) is 6.23. The van der Waals surface area contributed by atoms with Crippen LogP contribution < -0.4 is 11.3 Å². The lowest BCUT2D eigenvalue weighted by atomic mass is 10.2. The number of ether oxygens (including phenoxy) is 1. The third-order valence-electron chi connectivity index (χ3n) is 4.66. The zero-order valence-corrected chi connectivity index (χ0v) is 16.2. The Morgan fingerprint density at radius 1 is 1.38 bits per heavy atom. The molecular weight excluding hydrogens is 402 g/mol. The van der Waals surface area contributed by atoms with Crippen LogP contribution in [0.25, 0.3) is 11.2 Å². The number of nitrogens with zero attached hydrogens (tertiary/aromatic N) is 3. The number of aromatic nitrogens is 4. The lowest BCUT2D eigenvalue weighted by molar-refractivity contribution is -0.0371. The maximum atomic E-state index is 12.3. The van der Waals surface area contributed by atoms with E-state index < -0.39 is 34.1 Å². The molecule has 4 rings (SSSR count). The second kappa shape index (κ2) is 7.22. The first-order valence-corrected chi connectivity index (χ1v) is 10.2. The Kier molecular flexibility index (Phi) is 4.86. The standard InChI is InChI=1S/C17H19N5O6S/c1-9-2-4-10(5-3-9)29(25,26)27-7-12-11(23)6-13(28-12)22-8-19-14-15(22)20-17(18)21-16(14)24/h2-5,8,11-13,23H,6-7H2,1H3,(H3,18,20,21,24). The topological polar surface area (TPSA) is 162 Å². The summed E-state index contributed by atoms with van der Waals surface area (Å²) < 4.78 is 37.0. The summed E-state index contributed by atoms with van der Waals surface area (Å²) in [7, 11) is -3.99. The largest absolute Gasteiger partial charge is 0.390 e. The van der Waals surface area contributed by atoms with Gasteiger partial charge in [0.2, 0.25) is 5.95 Å². The highest BCUT2D eigenvalue weighted by Crippen LogP contribution is 2.31. The van der Waals surface area contributed by atoms with Crippen molar-refractivity contribution in [2.75, 3.05) is 12.3 Å². The Morgan fingerprint density at radius 3 is 2.83 bits per heavy atom. The summed E-state index contributed by atoms with van der Waals surface area (Å²) >= 11 is 0. The third kappa shape index (κ3) is 3.74. The molecule has 12 heteroatoms. The molecule has 0 saturated carbocycles. The molecule has 0 radical (unpaired) electrons. The van der Waals surface area contributed by atoms with Crippen LogP contribution in [0.4, 0.5) is 5.95 Å². The molecule has 11 nitrogen and oxygen atoms in total. The highest BCUT2D eigenvalue weighted by Gasteiger charge is 2.37. The van der Waals surface area contributed by atoms with Crippen LogP contribution in [0.3, 0.4) is 0 Å². The van der Waals surface area contributed by atoms with Crippen molar-refractivity contribution in [3.8, 4) is 0 Å². The Balaban J connectivity index is 1.49. The van der Waals surface area contributed by atoms with Crippen LogP contribution in [0, 0.1) is 6.92 Å². The molecule has 154 valence electrons. The van der Waals surface area contributed by atoms with Gasteiger partial charge in [-0.3, -0.25) is 18.5 Å². The molecule has 3 heterocycles. The van der Waals surface area contributed by atoms with Gasteiger partial charge in [-0.05, 0) is 19.1 Å². The van der Waals surface area contributed by atoms with E-state index in [4.69, 9.17) is 14.7 Å². The Bertz CT molecular complexity index is 1200. The van der Waals surface area contributed by atoms with Gasteiger partial charge in [0.25, 0.3) is 15.7 Å². The van der Waals surface area contributed by atoms with Crippen LogP contribution in [0.2, 0.25) is 0 Å². The van der Waals surface area contributed by atoms with Gasteiger partial charge in [0.05, 0.1) is 23.9 Å². The first-order chi connectivity index (χ1) is 13.7. The number of imidazole rings is 1. The van der Waals surface area contributed by atoms with Crippen molar-refractivity contribution in [3.63, 3.8) is 0 Å². The number of rotatable bonds is 5. The number of nitrogens with two attached hydrogens (primary N) is 1. The van der Waals surface area contributed by atoms with Crippen molar-refractivity contribution >= 4 is 27.2 Å². The minimum absolute atomic E-state index is 0.0200. The quantitative estimate of drug-likeness (QED) is 0.484. The predicted molar refractivity (Wildman–Crippen MR) is 101 cm³/mol. The fraction of sp³-hybridized carbons (Fsp3) is 0.353. The highest BCUT2D eigenvalue weighted by molar-refractivity contribution is 7.86. The summed E-state index contributed by atoms with van der Waals surface area (Å²) in [5.74, 6) is -0.0770. The van der Waals surface area contributed by atoms with Crippen LogP contribution in [0.5, 0.6) is 0 Å². The van der Waals surface area contributed by atoms with Gasteiger partial charge in [0, 0.05) is 6.42 Å². The van der Waals surface area contributed by atoms with Gasteiger partial charge in [-0.2, -0.15) is 13.4 Å². The molecule has 29 heavy (non-hydrogen) atoms. The van der Waals surface area contributed by atoms with E-state index in [9.17, 15) is 18.3 Å². The molecule has 0 spiro atoms. The van der Waals surface area contributed by atoms with E-state index in [0.717, 1.165) is 5.56 Å². The maximum absolute atomic E-state index is 12.3. The number of aryl methyl sites for hydroxylation is 1. The zero-order valence-electron chi connectivity index (χ0n) is 15.3. The van der Waals surface area contributed by atoms with Gasteiger partial charge in [0.15, 0.2) is 11.2 Å². The normalized spacial score (nSPS) is 22.3. The van der Waals surface area contributed by atoms with Crippen LogP contribution in [0.1, 0.15) is 18.2 Å². The monoisotopic (exact) mass is 421 g/mol. The molecule has 3 atom stereocenters. The number of hydrogen-bond donors (Lipinski definition) is 3. The summed E-state index contributed by atoms with van der Waals surface area (Å²) in [6.07, 6.45) is -1.09. The molecule has 3 aromatic rings. The van der Waals surface area contributed by atoms with Crippen molar-refractivity contribution < 1.29 is 22.4 Å². The molecule has 0 bridgehead atoms. The van der Waals surface area contributed by atoms with E-state index in [1.165, 1.54) is 23.0 Å². The number of nitrogens with one attached hydrogen (secondary N) is 1. The molecule has 2 aromatic heterocycles. The van der Waals surface area contributed by atoms with Crippen molar-refractivity contribution in [1.82, 2.24) is 19.5 Å². The van der Waals surface area contributed by atoms with Gasteiger partial charge in [0.1, 0.15) is 12.3 Å². The smallest absolute Gasteiger partial charge is 0.297 e. The van der Waals surface area contributed by atoms with Crippen molar-refractivity contribution in [2.45, 2.75) is 36.7 Å². The number of aliphatic hydroxyl groups is 1. The predicted octanol–water partition coefficient (Wildman–Crippen LogP) is 0.0641. The van der Waals surface area contributed by atoms with Gasteiger partial charge in [-0.15, -0.1) is 0 Å². The summed E-state index contributed by atoms with van der Waals surface area (Å²) in [5, 5.41) is 10.3. The molecule has 1 fully saturated rings. The summed E-state index contributed by atoms with van der Waals surface area (Å²) in [5.41, 5.74) is 6.30. The minimum Gasteiger partial charge on any atom is -0.390 e. The number of H-pyrrole nitrogens is 1. The van der Waals surface area contributed by atoms with Gasteiger partial charge < -0.3 is 15.6 Å². The van der Waals surface area contributed by atoms with Crippen LogP contribution in [-0.2, 0) is 19.0 Å². The highest BCUT2D eigenvalue weighted by atomic mass is 32.2. The van der Waals surface area contributed by atoms with Gasteiger partial charge in [-0.25, -0.2) is 4.98 Å². The SMILES string of the molecule is Cc1ccc(S(=O)(=O)OCC2OC(n3cnc4c(=O)[nH]c(N)nc43)CC2O)cc1. The number of hydrogen-bond acceptors (Lipinski definition) is 9. The second-order valence-electron chi connectivity index (χ2n) is 6.76. The summed E-state index contributed by atoms with van der Waals surface area (Å²) in [6.45, 7) is 1.48. The number of anilines is 1. The van der Waals surface area contributed by atoms with E-state index in [1.807, 2.05) is 6.92 Å². The van der Waals surface area contributed by atoms with Crippen molar-refractivity contribution in [3.05, 3.63) is 46.5 Å². The van der Waals surface area contributed by atoms with E-state index in [1.54, 1.807) is 12.1 Å². The number of nitrogen functional groups attached to an aromatic ring is 1. The molecule has 1 aromatic carbocycles. The Hall–Kier alpha value is -2.80. The third-order valence-corrected chi connectivity index (χ3v) is 5.96. The molecule has 1 aliphatic rings. The number of aliphatic hydroxyl groups excluding tert-OH is 1. The Morgan fingerprint density at radius 2 is 2.10 bits per heavy atom. The van der Waals surface area contributed by atoms with Crippen LogP contribution in [-0.4, -0.2) is 51.9 Å². The maximum Gasteiger partial charge on any atom is 0.297 e. The van der Waals surface area contributed by atoms with E-state index in [0.29, 0.717) is 0 Å². The molecule has 4 N–H and O–H groups in total. The van der Waals surface area contributed by atoms with Gasteiger partial charge >= 0.3 is 0 Å². The van der Waals surface area contributed by atoms with Crippen LogP contribution >= 0.6 is 0 Å². The molecule has 3 unspecified atom stereocenters. The average Bonchev–Trinajstić information content (AvgIpc) is 3.24. The number of fused-ring (bicyclic) bond motifs is 1. The number of benzene rings is 1. The summed E-state index contributed by atoms with van der Waals surface area (Å²) in [4.78, 5) is 22.3. The van der Waals surface area contributed by atoms with E-state index in [2.05, 4.69) is 15.0 Å². The fourth-order valence-corrected chi connectivity index (χ4v) is 4.04. The zero-order chi connectivity index (χ0) is 20.8. The first kappa shape index (κ1) is 19.5. The molecule has 0 amide bonds. The molecular formula is C17H19N5O6S. The fourth-order valence-electron chi connectivity index (χ4n) is 3.12. The first-order valence-electron chi connectivity index (χ1n) is 8.76. The van der Waals surface area contributed by atoms with Crippen molar-refractivity contribution in [1.29, 1.82) is 0 Å². The van der Waals surface area contributed by atoms with Crippen molar-refractivity contribution in [2.24, 2.45) is 0 Å².